The van der Waals surface area contributed by atoms with Crippen LogP contribution in [0, 0.1) is 0 Å². The topological polar surface area (TPSA) is 41.5 Å². The Hall–Kier alpha value is -1.16. The minimum Gasteiger partial charge on any atom is -0.307 e. The number of unbranched alkanes of at least 4 members (excludes halogenated alkanes) is 14. The van der Waals surface area contributed by atoms with Crippen LogP contribution in [0.25, 0.3) is 0 Å². The van der Waals surface area contributed by atoms with Crippen LogP contribution in [0.2, 0.25) is 0 Å². The van der Waals surface area contributed by atoms with Crippen LogP contribution in [0.3, 0.4) is 0 Å². The van der Waals surface area contributed by atoms with Crippen molar-refractivity contribution in [1.29, 1.82) is 0 Å². The highest BCUT2D eigenvalue weighted by Gasteiger charge is 2.42. The maximum atomic E-state index is 11.5. The van der Waals surface area contributed by atoms with E-state index in [2.05, 4.69) is 44.5 Å². The first-order chi connectivity index (χ1) is 16.1. The molecule has 0 bridgehead atoms. The van der Waals surface area contributed by atoms with Gasteiger partial charge in [0.2, 0.25) is 5.91 Å². The number of rotatable bonds is 21. The second-order valence-corrected chi connectivity index (χ2v) is 10.2. The molecule has 1 aliphatic heterocycles. The average molecular weight is 463 g/mol. The average Bonchev–Trinajstić information content (AvgIpc) is 3.22. The van der Waals surface area contributed by atoms with E-state index in [1.807, 2.05) is 0 Å². The number of hydrogen-bond donors (Lipinski definition) is 1. The lowest BCUT2D eigenvalue weighted by Gasteiger charge is -2.42. The molecular weight excluding hydrogens is 406 g/mol. The molecule has 0 radical (unpaired) electrons. The number of allylic oxidation sites excluding steroid dienone is 2. The third-order valence-electron chi connectivity index (χ3n) is 7.52. The maximum absolute atomic E-state index is 11.5. The summed E-state index contributed by atoms with van der Waals surface area (Å²) in [5, 5.41) is 3.12. The number of hydrogen-bond acceptors (Lipinski definition) is 2. The fourth-order valence-electron chi connectivity index (χ4n) is 5.30. The lowest BCUT2D eigenvalue weighted by Crippen LogP contribution is -2.63. The van der Waals surface area contributed by atoms with Crippen molar-refractivity contribution in [2.24, 2.45) is 4.99 Å². The van der Waals surface area contributed by atoms with Crippen molar-refractivity contribution in [3.8, 4) is 0 Å². The van der Waals surface area contributed by atoms with Gasteiger partial charge in [-0.05, 0) is 32.6 Å². The Labute approximate surface area is 206 Å². The van der Waals surface area contributed by atoms with Crippen LogP contribution in [0.4, 0.5) is 0 Å². The smallest absolute Gasteiger partial charge is 0.221 e. The van der Waals surface area contributed by atoms with Gasteiger partial charge >= 0.3 is 0 Å². The summed E-state index contributed by atoms with van der Waals surface area (Å²) in [6.07, 6.45) is 30.2. The summed E-state index contributed by atoms with van der Waals surface area (Å²) in [4.78, 5) is 16.3. The van der Waals surface area contributed by atoms with Gasteiger partial charge in [0.25, 0.3) is 0 Å². The minimum absolute atomic E-state index is 0.0601. The first-order valence-electron chi connectivity index (χ1n) is 14.4. The summed E-state index contributed by atoms with van der Waals surface area (Å²) < 4.78 is 0.885. The number of aliphatic imine (C=N–C) groups is 1. The number of carbonyl (C=O) groups is 1. The van der Waals surface area contributed by atoms with E-state index < -0.39 is 0 Å². The SMILES string of the molecule is CCC/C=C/CCCCCCCCCCCCCCCC1N=CC[N+]1(CC)C(C)NC(C)=O. The van der Waals surface area contributed by atoms with Gasteiger partial charge in [0.1, 0.15) is 6.54 Å². The number of nitrogens with one attached hydrogen (secondary N) is 1. The molecule has 0 fully saturated rings. The molecule has 0 saturated carbocycles. The van der Waals surface area contributed by atoms with E-state index in [1.54, 1.807) is 6.92 Å². The number of carbonyl (C=O) groups excluding carboxylic acids is 1. The van der Waals surface area contributed by atoms with Gasteiger partial charge in [0.15, 0.2) is 12.3 Å². The molecule has 1 N–H and O–H groups in total. The van der Waals surface area contributed by atoms with Crippen LogP contribution >= 0.6 is 0 Å². The molecule has 0 aliphatic carbocycles. The Balaban J connectivity index is 1.95. The predicted octanol–water partition coefficient (Wildman–Crippen LogP) is 7.92. The summed E-state index contributed by atoms with van der Waals surface area (Å²) in [6, 6.07) is 0. The highest BCUT2D eigenvalue weighted by molar-refractivity contribution is 5.73. The first-order valence-corrected chi connectivity index (χ1v) is 14.4. The molecule has 0 spiro atoms. The van der Waals surface area contributed by atoms with Crippen LogP contribution in [-0.2, 0) is 4.79 Å². The quantitative estimate of drug-likeness (QED) is 0.105. The number of nitrogens with zero attached hydrogens (tertiary/aromatic N) is 2. The van der Waals surface area contributed by atoms with E-state index in [0.29, 0.717) is 6.17 Å². The third kappa shape index (κ3) is 12.8. The van der Waals surface area contributed by atoms with Gasteiger partial charge in [-0.25, -0.2) is 4.99 Å². The van der Waals surface area contributed by atoms with Crippen molar-refractivity contribution in [3.05, 3.63) is 12.2 Å². The lowest BCUT2D eigenvalue weighted by atomic mass is 10.0. The van der Waals surface area contributed by atoms with E-state index in [0.717, 1.165) is 24.0 Å². The molecule has 33 heavy (non-hydrogen) atoms. The van der Waals surface area contributed by atoms with Crippen molar-refractivity contribution < 1.29 is 9.28 Å². The van der Waals surface area contributed by atoms with Crippen molar-refractivity contribution in [1.82, 2.24) is 5.32 Å². The standard InChI is InChI=1S/C29H55N3O/c1-5-7-8-9-10-11-12-13-14-15-16-17-18-19-20-21-22-23-24-29-30-25-26-32(29,6-2)27(3)31-28(4)33/h8-9,25,27,29H,5-7,10-24,26H2,1-4H3/p+1/b9-8+. The summed E-state index contributed by atoms with van der Waals surface area (Å²) >= 11 is 0. The lowest BCUT2D eigenvalue weighted by molar-refractivity contribution is -0.959. The van der Waals surface area contributed by atoms with Gasteiger partial charge in [-0.2, -0.15) is 0 Å². The van der Waals surface area contributed by atoms with Gasteiger partial charge in [0, 0.05) is 20.3 Å². The predicted molar refractivity (Wildman–Crippen MR) is 145 cm³/mol. The fourth-order valence-corrected chi connectivity index (χ4v) is 5.30. The van der Waals surface area contributed by atoms with Gasteiger partial charge in [0.05, 0.1) is 12.8 Å². The zero-order chi connectivity index (χ0) is 24.2. The largest absolute Gasteiger partial charge is 0.307 e. The maximum Gasteiger partial charge on any atom is 0.221 e. The number of amides is 1. The van der Waals surface area contributed by atoms with E-state index in [-0.39, 0.29) is 12.1 Å². The van der Waals surface area contributed by atoms with Crippen LogP contribution in [0.1, 0.15) is 137 Å². The van der Waals surface area contributed by atoms with Gasteiger partial charge in [-0.3, -0.25) is 9.28 Å². The molecule has 3 unspecified atom stereocenters. The third-order valence-corrected chi connectivity index (χ3v) is 7.52. The zero-order valence-corrected chi connectivity index (χ0v) is 22.6. The Kier molecular flexibility index (Phi) is 17.4. The highest BCUT2D eigenvalue weighted by Crippen LogP contribution is 2.27. The van der Waals surface area contributed by atoms with Crippen molar-refractivity contribution in [2.45, 2.75) is 149 Å². The Morgan fingerprint density at radius 2 is 1.42 bits per heavy atom. The molecule has 1 aliphatic rings. The molecule has 0 aromatic rings. The van der Waals surface area contributed by atoms with E-state index in [1.165, 1.54) is 103 Å². The van der Waals surface area contributed by atoms with Crippen LogP contribution in [0.15, 0.2) is 17.1 Å². The van der Waals surface area contributed by atoms with E-state index in [9.17, 15) is 4.79 Å². The molecule has 4 nitrogen and oxygen atoms in total. The van der Waals surface area contributed by atoms with Gasteiger partial charge < -0.3 is 5.32 Å². The molecule has 1 rings (SSSR count). The molecule has 1 heterocycles. The normalized spacial score (nSPS) is 21.2. The van der Waals surface area contributed by atoms with E-state index in [4.69, 9.17) is 4.99 Å². The van der Waals surface area contributed by atoms with Gasteiger partial charge in [-0.1, -0.05) is 96.1 Å². The summed E-state index contributed by atoms with van der Waals surface area (Å²) in [6.45, 7) is 10.2. The summed E-state index contributed by atoms with van der Waals surface area (Å²) in [5.41, 5.74) is 0. The molecular formula is C29H56N3O+. The monoisotopic (exact) mass is 462 g/mol. The molecule has 0 aromatic carbocycles. The first kappa shape index (κ1) is 29.9. The Morgan fingerprint density at radius 3 is 1.94 bits per heavy atom. The number of quaternary nitrogens is 1. The second-order valence-electron chi connectivity index (χ2n) is 10.2. The van der Waals surface area contributed by atoms with Gasteiger partial charge in [-0.15, -0.1) is 0 Å². The van der Waals surface area contributed by atoms with Crippen molar-refractivity contribution >= 4 is 12.1 Å². The molecule has 3 atom stereocenters. The molecule has 1 amide bonds. The molecule has 0 saturated heterocycles. The van der Waals surface area contributed by atoms with Crippen LogP contribution in [0.5, 0.6) is 0 Å². The Morgan fingerprint density at radius 1 is 0.909 bits per heavy atom. The van der Waals surface area contributed by atoms with E-state index >= 15 is 0 Å². The fraction of sp³-hybridized carbons (Fsp3) is 0.862. The second kappa shape index (κ2) is 19.2. The van der Waals surface area contributed by atoms with Crippen LogP contribution in [-0.4, -0.2) is 42.0 Å². The highest BCUT2D eigenvalue weighted by atomic mass is 16.1. The zero-order valence-electron chi connectivity index (χ0n) is 22.6. The summed E-state index contributed by atoms with van der Waals surface area (Å²) in [5.74, 6) is 0.0601. The minimum atomic E-state index is 0.0601. The van der Waals surface area contributed by atoms with Crippen molar-refractivity contribution in [2.75, 3.05) is 13.1 Å². The Bertz CT molecular complexity index is 545. The summed E-state index contributed by atoms with van der Waals surface area (Å²) in [7, 11) is 0. The van der Waals surface area contributed by atoms with Crippen LogP contribution < -0.4 is 5.32 Å². The molecule has 4 heteroatoms. The van der Waals surface area contributed by atoms with Crippen molar-refractivity contribution in [3.63, 3.8) is 0 Å². The molecule has 0 aromatic heterocycles. The molecule has 192 valence electrons.